The first-order valence-electron chi connectivity index (χ1n) is 8.81. The summed E-state index contributed by atoms with van der Waals surface area (Å²) in [6.45, 7) is 2.26. The van der Waals surface area contributed by atoms with Gasteiger partial charge in [0.15, 0.2) is 5.11 Å². The highest BCUT2D eigenvalue weighted by Crippen LogP contribution is 2.34. The molecule has 146 valence electrons. The van der Waals surface area contributed by atoms with Gasteiger partial charge in [-0.3, -0.25) is 4.90 Å². The van der Waals surface area contributed by atoms with Crippen molar-refractivity contribution in [3.63, 3.8) is 0 Å². The summed E-state index contributed by atoms with van der Waals surface area (Å²) in [6.07, 6.45) is 0. The number of nitrogens with one attached hydrogen (secondary N) is 1. The Balaban J connectivity index is 2.04. The number of hydrogen-bond acceptors (Lipinski definition) is 4. The summed E-state index contributed by atoms with van der Waals surface area (Å²) in [6, 6.07) is 15.0. The van der Waals surface area contributed by atoms with E-state index < -0.39 is 12.0 Å². The van der Waals surface area contributed by atoms with E-state index in [-0.39, 0.29) is 12.4 Å². The predicted molar refractivity (Wildman–Crippen MR) is 109 cm³/mol. The molecule has 0 saturated heterocycles. The molecule has 28 heavy (non-hydrogen) atoms. The minimum Gasteiger partial charge on any atom is -0.460 e. The molecule has 3 rings (SSSR count). The summed E-state index contributed by atoms with van der Waals surface area (Å²) in [4.78, 5) is 14.6. The minimum absolute atomic E-state index is 0.147. The first kappa shape index (κ1) is 20.0. The van der Waals surface area contributed by atoms with Crippen molar-refractivity contribution in [3.8, 4) is 0 Å². The number of methoxy groups -OCH3 is 1. The molecule has 5 nitrogen and oxygen atoms in total. The van der Waals surface area contributed by atoms with Gasteiger partial charge in [-0.25, -0.2) is 9.18 Å². The van der Waals surface area contributed by atoms with Gasteiger partial charge in [0.2, 0.25) is 0 Å². The van der Waals surface area contributed by atoms with Gasteiger partial charge in [0, 0.05) is 18.5 Å². The molecule has 7 heteroatoms. The number of nitrogens with zero attached hydrogens (tertiary/aromatic N) is 1. The number of benzene rings is 2. The lowest BCUT2D eigenvalue weighted by Gasteiger charge is -2.37. The lowest BCUT2D eigenvalue weighted by Crippen LogP contribution is -2.48. The maximum absolute atomic E-state index is 13.3. The second-order valence-corrected chi connectivity index (χ2v) is 6.62. The van der Waals surface area contributed by atoms with Gasteiger partial charge in [0.25, 0.3) is 0 Å². The number of allylic oxidation sites excluding steroid dienone is 1. The Labute approximate surface area is 168 Å². The monoisotopic (exact) mass is 400 g/mol. The smallest absolute Gasteiger partial charge is 0.338 e. The highest BCUT2D eigenvalue weighted by molar-refractivity contribution is 7.80. The number of ether oxygens (including phenoxy) is 2. The molecule has 0 spiro atoms. The van der Waals surface area contributed by atoms with Crippen LogP contribution in [0.4, 0.5) is 10.1 Å². The number of carbonyl (C=O) groups is 1. The molecule has 0 saturated carbocycles. The standard InChI is InChI=1S/C21H21FN2O3S/c1-14-18(20(25)27-13-12-26-2)19(15-6-4-3-5-7-15)23-21(28)24(14)17-10-8-16(22)9-11-17/h3-11,19H,12-13H2,1-2H3,(H,23,28)/t19-/m1/s1. The zero-order chi connectivity index (χ0) is 20.1. The Hall–Kier alpha value is -2.77. The number of carbonyl (C=O) groups excluding carboxylic acids is 1. The van der Waals surface area contributed by atoms with Crippen molar-refractivity contribution in [3.05, 3.63) is 77.2 Å². The Morgan fingerprint density at radius 3 is 2.46 bits per heavy atom. The summed E-state index contributed by atoms with van der Waals surface area (Å²) in [5.74, 6) is -0.798. The van der Waals surface area contributed by atoms with Crippen LogP contribution in [0, 0.1) is 5.82 Å². The lowest BCUT2D eigenvalue weighted by molar-refractivity contribution is -0.140. The van der Waals surface area contributed by atoms with Crippen molar-refractivity contribution in [1.29, 1.82) is 0 Å². The van der Waals surface area contributed by atoms with E-state index in [9.17, 15) is 9.18 Å². The number of anilines is 1. The minimum atomic E-state index is -0.453. The zero-order valence-corrected chi connectivity index (χ0v) is 16.5. The van der Waals surface area contributed by atoms with E-state index in [0.29, 0.717) is 28.7 Å². The first-order chi connectivity index (χ1) is 13.5. The molecular weight excluding hydrogens is 379 g/mol. The number of hydrogen-bond donors (Lipinski definition) is 1. The van der Waals surface area contributed by atoms with Crippen LogP contribution in [0.25, 0.3) is 0 Å². The number of rotatable bonds is 6. The fourth-order valence-corrected chi connectivity index (χ4v) is 3.46. The van der Waals surface area contributed by atoms with E-state index in [1.807, 2.05) is 30.3 Å². The van der Waals surface area contributed by atoms with Crippen LogP contribution in [0.1, 0.15) is 18.5 Å². The van der Waals surface area contributed by atoms with Crippen LogP contribution < -0.4 is 10.2 Å². The Kier molecular flexibility index (Phi) is 6.38. The molecule has 2 aromatic rings. The highest BCUT2D eigenvalue weighted by atomic mass is 32.1. The molecule has 1 aliphatic heterocycles. The van der Waals surface area contributed by atoms with E-state index in [0.717, 1.165) is 5.56 Å². The van der Waals surface area contributed by atoms with Gasteiger partial charge in [-0.15, -0.1) is 0 Å². The van der Waals surface area contributed by atoms with Crippen molar-refractivity contribution < 1.29 is 18.7 Å². The molecule has 0 bridgehead atoms. The Bertz CT molecular complexity index is 884. The van der Waals surface area contributed by atoms with E-state index in [1.165, 1.54) is 12.1 Å². The molecule has 0 fully saturated rings. The molecule has 1 atom stereocenters. The lowest BCUT2D eigenvalue weighted by atomic mass is 9.95. The molecular formula is C21H21FN2O3S. The maximum atomic E-state index is 13.3. The van der Waals surface area contributed by atoms with Crippen molar-refractivity contribution in [2.75, 3.05) is 25.2 Å². The van der Waals surface area contributed by atoms with E-state index in [4.69, 9.17) is 21.7 Å². The third-order valence-electron chi connectivity index (χ3n) is 4.44. The molecule has 0 radical (unpaired) electrons. The third kappa shape index (κ3) is 4.21. The molecule has 0 amide bonds. The zero-order valence-electron chi connectivity index (χ0n) is 15.6. The second-order valence-electron chi connectivity index (χ2n) is 6.23. The topological polar surface area (TPSA) is 50.8 Å². The Morgan fingerprint density at radius 1 is 1.14 bits per heavy atom. The number of thiocarbonyl (C=S) groups is 1. The van der Waals surface area contributed by atoms with Crippen LogP contribution in [0.15, 0.2) is 65.9 Å². The van der Waals surface area contributed by atoms with Crippen molar-refractivity contribution in [2.45, 2.75) is 13.0 Å². The van der Waals surface area contributed by atoms with Crippen LogP contribution in [-0.4, -0.2) is 31.4 Å². The van der Waals surface area contributed by atoms with Crippen LogP contribution in [0.2, 0.25) is 0 Å². The molecule has 0 aliphatic carbocycles. The fourth-order valence-electron chi connectivity index (χ4n) is 3.10. The summed E-state index contributed by atoms with van der Waals surface area (Å²) < 4.78 is 23.7. The molecule has 1 aliphatic rings. The van der Waals surface area contributed by atoms with Crippen molar-refractivity contribution >= 4 is 29.0 Å². The third-order valence-corrected chi connectivity index (χ3v) is 4.74. The summed E-state index contributed by atoms with van der Waals surface area (Å²) >= 11 is 5.56. The Morgan fingerprint density at radius 2 is 1.82 bits per heavy atom. The molecule has 1 heterocycles. The van der Waals surface area contributed by atoms with E-state index >= 15 is 0 Å². The van der Waals surface area contributed by atoms with Crippen LogP contribution in [0.3, 0.4) is 0 Å². The van der Waals surface area contributed by atoms with Crippen molar-refractivity contribution in [2.24, 2.45) is 0 Å². The quantitative estimate of drug-likeness (QED) is 0.453. The largest absolute Gasteiger partial charge is 0.460 e. The normalized spacial score (nSPS) is 16.8. The number of esters is 1. The average molecular weight is 400 g/mol. The molecule has 1 N–H and O–H groups in total. The van der Waals surface area contributed by atoms with Gasteiger partial charge in [-0.1, -0.05) is 30.3 Å². The van der Waals surface area contributed by atoms with Gasteiger partial charge in [0.05, 0.1) is 18.2 Å². The van der Waals surface area contributed by atoms with Gasteiger partial charge in [-0.2, -0.15) is 0 Å². The summed E-state index contributed by atoms with van der Waals surface area (Å²) in [5.41, 5.74) is 2.62. The highest BCUT2D eigenvalue weighted by Gasteiger charge is 2.35. The SMILES string of the molecule is COCCOC(=O)C1=C(C)N(c2ccc(F)cc2)C(=S)N[C@@H]1c1ccccc1. The van der Waals surface area contributed by atoms with Gasteiger partial charge in [-0.05, 0) is 49.0 Å². The summed E-state index contributed by atoms with van der Waals surface area (Å²) in [7, 11) is 1.54. The van der Waals surface area contributed by atoms with Crippen LogP contribution in [0.5, 0.6) is 0 Å². The number of halogens is 1. The predicted octanol–water partition coefficient (Wildman–Crippen LogP) is 3.73. The molecule has 0 aromatic heterocycles. The van der Waals surface area contributed by atoms with Gasteiger partial charge >= 0.3 is 5.97 Å². The molecule has 2 aromatic carbocycles. The van der Waals surface area contributed by atoms with Crippen LogP contribution in [-0.2, 0) is 14.3 Å². The van der Waals surface area contributed by atoms with Gasteiger partial charge in [0.1, 0.15) is 12.4 Å². The average Bonchev–Trinajstić information content (AvgIpc) is 2.69. The fraction of sp³-hybridized carbons (Fsp3) is 0.238. The van der Waals surface area contributed by atoms with E-state index in [2.05, 4.69) is 5.32 Å². The molecule has 0 unspecified atom stereocenters. The second kappa shape index (κ2) is 8.95. The van der Waals surface area contributed by atoms with Crippen molar-refractivity contribution in [1.82, 2.24) is 5.32 Å². The van der Waals surface area contributed by atoms with E-state index in [1.54, 1.807) is 31.1 Å². The van der Waals surface area contributed by atoms with Gasteiger partial charge < -0.3 is 14.8 Å². The van der Waals surface area contributed by atoms with Crippen LogP contribution >= 0.6 is 12.2 Å². The first-order valence-corrected chi connectivity index (χ1v) is 9.21. The summed E-state index contributed by atoms with van der Waals surface area (Å²) in [5, 5.41) is 3.64. The maximum Gasteiger partial charge on any atom is 0.338 e.